The van der Waals surface area contributed by atoms with Crippen LogP contribution in [0.5, 0.6) is 0 Å². The highest BCUT2D eigenvalue weighted by atomic mass is 32.2. The number of nitrogens with zero attached hydrogens (tertiary/aromatic N) is 1. The monoisotopic (exact) mass is 436 g/mol. The molecule has 4 rings (SSSR count). The van der Waals surface area contributed by atoms with E-state index in [2.05, 4.69) is 0 Å². The molecule has 0 spiro atoms. The molecule has 3 aromatic rings. The second-order valence-electron chi connectivity index (χ2n) is 7.51. The summed E-state index contributed by atoms with van der Waals surface area (Å²) in [6, 6.07) is 13.0. The summed E-state index contributed by atoms with van der Waals surface area (Å²) in [7, 11) is -3.09. The van der Waals surface area contributed by atoms with Crippen LogP contribution in [0.2, 0.25) is 0 Å². The van der Waals surface area contributed by atoms with Crippen LogP contribution in [0.15, 0.2) is 53.4 Å². The van der Waals surface area contributed by atoms with Crippen molar-refractivity contribution in [1.29, 1.82) is 0 Å². The number of nitrogens with two attached hydrogens (primary N) is 1. The first-order valence-electron chi connectivity index (χ1n) is 9.46. The van der Waals surface area contributed by atoms with Gasteiger partial charge in [0.2, 0.25) is 0 Å². The quantitative estimate of drug-likeness (QED) is 0.371. The van der Waals surface area contributed by atoms with Crippen molar-refractivity contribution in [2.75, 3.05) is 17.7 Å². The van der Waals surface area contributed by atoms with E-state index in [1.54, 1.807) is 30.1 Å². The van der Waals surface area contributed by atoms with Gasteiger partial charge in [-0.15, -0.1) is 0 Å². The van der Waals surface area contributed by atoms with Crippen LogP contribution in [0, 0.1) is 13.8 Å². The highest BCUT2D eigenvalue weighted by Crippen LogP contribution is 2.42. The molecule has 0 amide bonds. The molecular formula is C23H20N2O5S. The van der Waals surface area contributed by atoms with E-state index in [9.17, 15) is 22.6 Å². The Labute approximate surface area is 179 Å². The maximum atomic E-state index is 13.4. The molecule has 0 radical (unpaired) electrons. The first-order chi connectivity index (χ1) is 14.5. The normalized spacial score (nSPS) is 13.0. The lowest BCUT2D eigenvalue weighted by Gasteiger charge is -2.29. The topological polar surface area (TPSA) is 118 Å². The standard InChI is InChI=1S/C23H20N2O5S/c1-12-7-6-10-16(13(12)2)25(3)17-11-18(31(28,29)30)21(24)20-19(17)22(26)14-8-4-5-9-15(14)23(20)27/h4-11H,24H2,1-3H3,(H,28,29,30). The number of carbonyl (C=O) groups excluding carboxylic acids is 2. The van der Waals surface area contributed by atoms with Crippen molar-refractivity contribution >= 4 is 38.7 Å². The molecular weight excluding hydrogens is 416 g/mol. The van der Waals surface area contributed by atoms with Gasteiger partial charge in [0.15, 0.2) is 11.6 Å². The third-order valence-electron chi connectivity index (χ3n) is 5.76. The third-order valence-corrected chi connectivity index (χ3v) is 6.65. The molecule has 0 heterocycles. The molecule has 3 aromatic carbocycles. The molecule has 0 atom stereocenters. The fraction of sp³-hybridized carbons (Fsp3) is 0.130. The molecule has 0 bridgehead atoms. The minimum Gasteiger partial charge on any atom is -0.397 e. The summed E-state index contributed by atoms with van der Waals surface area (Å²) in [5.41, 5.74) is 8.53. The SMILES string of the molecule is Cc1cccc(N(C)c2cc(S(=O)(=O)O)c(N)c3c2C(=O)c2ccccc2C3=O)c1C. The Bertz CT molecular complexity index is 1390. The van der Waals surface area contributed by atoms with Gasteiger partial charge in [0.1, 0.15) is 4.90 Å². The van der Waals surface area contributed by atoms with Crippen molar-refractivity contribution in [3.05, 3.63) is 81.9 Å². The van der Waals surface area contributed by atoms with Crippen LogP contribution in [0.25, 0.3) is 0 Å². The van der Waals surface area contributed by atoms with E-state index in [4.69, 9.17) is 5.73 Å². The molecule has 0 unspecified atom stereocenters. The van der Waals surface area contributed by atoms with E-state index in [0.29, 0.717) is 5.69 Å². The van der Waals surface area contributed by atoms with Crippen molar-refractivity contribution in [2.45, 2.75) is 18.7 Å². The maximum absolute atomic E-state index is 13.4. The first kappa shape index (κ1) is 20.8. The van der Waals surface area contributed by atoms with Gasteiger partial charge in [-0.1, -0.05) is 36.4 Å². The van der Waals surface area contributed by atoms with Gasteiger partial charge in [0.25, 0.3) is 10.1 Å². The minimum atomic E-state index is -4.76. The van der Waals surface area contributed by atoms with Crippen LogP contribution in [-0.2, 0) is 10.1 Å². The Morgan fingerprint density at radius 2 is 1.45 bits per heavy atom. The molecule has 0 aromatic heterocycles. The molecule has 7 nitrogen and oxygen atoms in total. The predicted octanol–water partition coefficient (Wildman–Crippen LogP) is 3.68. The Balaban J connectivity index is 2.10. The van der Waals surface area contributed by atoms with Crippen molar-refractivity contribution in [3.8, 4) is 0 Å². The summed E-state index contributed by atoms with van der Waals surface area (Å²) in [5.74, 6) is -1.00. The summed E-state index contributed by atoms with van der Waals surface area (Å²) in [4.78, 5) is 27.7. The van der Waals surface area contributed by atoms with Gasteiger partial charge >= 0.3 is 0 Å². The van der Waals surface area contributed by atoms with Gasteiger partial charge in [0, 0.05) is 23.9 Å². The largest absolute Gasteiger partial charge is 0.397 e. The molecule has 31 heavy (non-hydrogen) atoms. The van der Waals surface area contributed by atoms with Crippen LogP contribution in [0.3, 0.4) is 0 Å². The number of carbonyl (C=O) groups is 2. The number of hydrogen-bond donors (Lipinski definition) is 2. The molecule has 8 heteroatoms. The molecule has 1 aliphatic carbocycles. The maximum Gasteiger partial charge on any atom is 0.296 e. The summed E-state index contributed by atoms with van der Waals surface area (Å²) in [6.07, 6.45) is 0. The second-order valence-corrected chi connectivity index (χ2v) is 8.90. The van der Waals surface area contributed by atoms with Gasteiger partial charge in [-0.25, -0.2) is 0 Å². The number of ketones is 2. The van der Waals surface area contributed by atoms with E-state index >= 15 is 0 Å². The van der Waals surface area contributed by atoms with Crippen LogP contribution in [-0.4, -0.2) is 31.6 Å². The molecule has 0 aliphatic heterocycles. The Morgan fingerprint density at radius 1 is 0.871 bits per heavy atom. The fourth-order valence-electron chi connectivity index (χ4n) is 3.98. The predicted molar refractivity (Wildman–Crippen MR) is 118 cm³/mol. The van der Waals surface area contributed by atoms with Crippen molar-refractivity contribution < 1.29 is 22.6 Å². The molecule has 0 fully saturated rings. The number of nitrogen functional groups attached to an aromatic ring is 1. The molecule has 158 valence electrons. The average molecular weight is 436 g/mol. The summed E-state index contributed by atoms with van der Waals surface area (Å²) < 4.78 is 33.9. The van der Waals surface area contributed by atoms with Crippen LogP contribution >= 0.6 is 0 Å². The average Bonchev–Trinajstić information content (AvgIpc) is 2.72. The molecule has 0 saturated carbocycles. The molecule has 0 saturated heterocycles. The molecule has 1 aliphatic rings. The molecule has 3 N–H and O–H groups in total. The lowest BCUT2D eigenvalue weighted by Crippen LogP contribution is -2.27. The van der Waals surface area contributed by atoms with E-state index < -0.39 is 32.3 Å². The Morgan fingerprint density at radius 3 is 2.03 bits per heavy atom. The van der Waals surface area contributed by atoms with E-state index in [1.165, 1.54) is 6.07 Å². The van der Waals surface area contributed by atoms with Crippen molar-refractivity contribution in [3.63, 3.8) is 0 Å². The number of rotatable bonds is 3. The van der Waals surface area contributed by atoms with Gasteiger partial charge < -0.3 is 10.6 Å². The van der Waals surface area contributed by atoms with Crippen LogP contribution in [0.4, 0.5) is 17.1 Å². The zero-order valence-electron chi connectivity index (χ0n) is 17.1. The van der Waals surface area contributed by atoms with E-state index in [-0.39, 0.29) is 27.9 Å². The van der Waals surface area contributed by atoms with Gasteiger partial charge in [-0.3, -0.25) is 14.1 Å². The number of benzene rings is 3. The van der Waals surface area contributed by atoms with Crippen LogP contribution < -0.4 is 10.6 Å². The third kappa shape index (κ3) is 3.11. The lowest BCUT2D eigenvalue weighted by atomic mass is 9.82. The van der Waals surface area contributed by atoms with Crippen LogP contribution in [0.1, 0.15) is 43.0 Å². The first-order valence-corrected chi connectivity index (χ1v) is 10.9. The number of fused-ring (bicyclic) bond motifs is 2. The number of hydrogen-bond acceptors (Lipinski definition) is 6. The number of aryl methyl sites for hydroxylation is 1. The van der Waals surface area contributed by atoms with Crippen molar-refractivity contribution in [1.82, 2.24) is 0 Å². The highest BCUT2D eigenvalue weighted by Gasteiger charge is 2.37. The zero-order valence-corrected chi connectivity index (χ0v) is 17.9. The van der Waals surface area contributed by atoms with E-state index in [0.717, 1.165) is 17.2 Å². The summed E-state index contributed by atoms with van der Waals surface area (Å²) in [6.45, 7) is 3.83. The lowest BCUT2D eigenvalue weighted by molar-refractivity contribution is 0.0980. The smallest absolute Gasteiger partial charge is 0.296 e. The van der Waals surface area contributed by atoms with Gasteiger partial charge in [0.05, 0.1) is 22.5 Å². The summed E-state index contributed by atoms with van der Waals surface area (Å²) >= 11 is 0. The minimum absolute atomic E-state index is 0.0111. The summed E-state index contributed by atoms with van der Waals surface area (Å²) in [5, 5.41) is 0. The van der Waals surface area contributed by atoms with Crippen molar-refractivity contribution in [2.24, 2.45) is 0 Å². The zero-order chi connectivity index (χ0) is 22.7. The van der Waals surface area contributed by atoms with Gasteiger partial charge in [-0.2, -0.15) is 8.42 Å². The highest BCUT2D eigenvalue weighted by molar-refractivity contribution is 7.86. The van der Waals surface area contributed by atoms with Gasteiger partial charge in [-0.05, 0) is 37.1 Å². The number of anilines is 3. The second kappa shape index (κ2) is 7.04. The van der Waals surface area contributed by atoms with E-state index in [1.807, 2.05) is 32.0 Å². The fourth-order valence-corrected chi connectivity index (χ4v) is 4.62. The Kier molecular flexibility index (Phi) is 4.72. The Hall–Kier alpha value is -3.49.